The number of carbonyl (C=O) groups is 1. The molecule has 0 saturated carbocycles. The lowest BCUT2D eigenvalue weighted by molar-refractivity contribution is 0.0644. The van der Waals surface area contributed by atoms with Crippen molar-refractivity contribution >= 4 is 17.5 Å². The normalized spacial score (nSPS) is 16.3. The Morgan fingerprint density at radius 1 is 1.19 bits per heavy atom. The minimum absolute atomic E-state index is 0.0941. The number of benzene rings is 1. The van der Waals surface area contributed by atoms with Crippen molar-refractivity contribution in [2.75, 3.05) is 38.6 Å². The summed E-state index contributed by atoms with van der Waals surface area (Å²) in [6.45, 7) is 8.18. The zero-order valence-corrected chi connectivity index (χ0v) is 13.5. The molecule has 21 heavy (non-hydrogen) atoms. The molecule has 0 atom stereocenters. The monoisotopic (exact) mass is 310 g/mol. The first-order valence-electron chi connectivity index (χ1n) is 7.44. The molecule has 1 aromatic rings. The molecular weight excluding hydrogens is 288 g/mol. The summed E-state index contributed by atoms with van der Waals surface area (Å²) in [5, 5.41) is 0. The minimum atomic E-state index is 0.0941. The molecule has 5 heteroatoms. The Balaban J connectivity index is 1.91. The van der Waals surface area contributed by atoms with Crippen LogP contribution < -0.4 is 4.74 Å². The van der Waals surface area contributed by atoms with Gasteiger partial charge >= 0.3 is 0 Å². The first kappa shape index (κ1) is 16.1. The lowest BCUT2D eigenvalue weighted by atomic mass is 10.1. The lowest BCUT2D eigenvalue weighted by Gasteiger charge is -2.34. The van der Waals surface area contributed by atoms with E-state index in [9.17, 15) is 4.79 Å². The SMILES string of the molecule is CC(C)Oc1ccc(C(=O)N2CCN(CCCl)CC2)cc1. The van der Waals surface area contributed by atoms with Crippen molar-refractivity contribution < 1.29 is 9.53 Å². The summed E-state index contributed by atoms with van der Waals surface area (Å²) < 4.78 is 5.59. The van der Waals surface area contributed by atoms with Crippen molar-refractivity contribution in [1.82, 2.24) is 9.80 Å². The highest BCUT2D eigenvalue weighted by atomic mass is 35.5. The largest absolute Gasteiger partial charge is 0.491 e. The first-order valence-corrected chi connectivity index (χ1v) is 7.98. The van der Waals surface area contributed by atoms with Gasteiger partial charge in [-0.1, -0.05) is 0 Å². The summed E-state index contributed by atoms with van der Waals surface area (Å²) >= 11 is 5.75. The fourth-order valence-corrected chi connectivity index (χ4v) is 2.66. The number of nitrogens with zero attached hydrogens (tertiary/aromatic N) is 2. The van der Waals surface area contributed by atoms with E-state index in [-0.39, 0.29) is 12.0 Å². The van der Waals surface area contributed by atoms with Gasteiger partial charge in [0.2, 0.25) is 0 Å². The molecule has 0 spiro atoms. The molecule has 2 rings (SSSR count). The molecule has 1 aliphatic rings. The molecule has 1 aromatic carbocycles. The molecule has 0 N–H and O–H groups in total. The van der Waals surface area contributed by atoms with Crippen molar-refractivity contribution in [1.29, 1.82) is 0 Å². The summed E-state index contributed by atoms with van der Waals surface area (Å²) in [6, 6.07) is 7.39. The van der Waals surface area contributed by atoms with Gasteiger partial charge in [-0.25, -0.2) is 0 Å². The number of hydrogen-bond donors (Lipinski definition) is 0. The average Bonchev–Trinajstić information content (AvgIpc) is 2.48. The predicted octanol–water partition coefficient (Wildman–Crippen LogP) is 2.47. The van der Waals surface area contributed by atoms with Crippen molar-refractivity contribution in [3.05, 3.63) is 29.8 Å². The maximum atomic E-state index is 12.4. The number of piperazine rings is 1. The van der Waals surface area contributed by atoms with Gasteiger partial charge in [-0.15, -0.1) is 11.6 Å². The molecular formula is C16H23ClN2O2. The highest BCUT2D eigenvalue weighted by Gasteiger charge is 2.21. The van der Waals surface area contributed by atoms with E-state index in [2.05, 4.69) is 4.90 Å². The van der Waals surface area contributed by atoms with E-state index in [1.165, 1.54) is 0 Å². The van der Waals surface area contributed by atoms with Crippen LogP contribution in [0.2, 0.25) is 0 Å². The Kier molecular flexibility index (Phi) is 5.88. The third-order valence-corrected chi connectivity index (χ3v) is 3.70. The minimum Gasteiger partial charge on any atom is -0.491 e. The lowest BCUT2D eigenvalue weighted by Crippen LogP contribution is -2.49. The molecule has 1 heterocycles. The number of rotatable bonds is 5. The van der Waals surface area contributed by atoms with Crippen molar-refractivity contribution in [3.63, 3.8) is 0 Å². The maximum Gasteiger partial charge on any atom is 0.253 e. The Morgan fingerprint density at radius 3 is 2.33 bits per heavy atom. The van der Waals surface area contributed by atoms with E-state index < -0.39 is 0 Å². The van der Waals surface area contributed by atoms with E-state index in [1.807, 2.05) is 43.0 Å². The Hall–Kier alpha value is -1.26. The van der Waals surface area contributed by atoms with E-state index >= 15 is 0 Å². The molecule has 116 valence electrons. The molecule has 1 aliphatic heterocycles. The van der Waals surface area contributed by atoms with E-state index in [0.717, 1.165) is 44.0 Å². The second-order valence-corrected chi connectivity index (χ2v) is 5.89. The number of alkyl halides is 1. The molecule has 4 nitrogen and oxygen atoms in total. The van der Waals surface area contributed by atoms with Crippen LogP contribution in [-0.2, 0) is 0 Å². The highest BCUT2D eigenvalue weighted by Crippen LogP contribution is 2.16. The number of carbonyl (C=O) groups excluding carboxylic acids is 1. The first-order chi connectivity index (χ1) is 10.1. The third-order valence-electron chi connectivity index (χ3n) is 3.53. The Labute approximate surface area is 131 Å². The fourth-order valence-electron chi connectivity index (χ4n) is 2.42. The topological polar surface area (TPSA) is 32.8 Å². The predicted molar refractivity (Wildman–Crippen MR) is 85.3 cm³/mol. The smallest absolute Gasteiger partial charge is 0.253 e. The van der Waals surface area contributed by atoms with Crippen LogP contribution in [0.5, 0.6) is 5.75 Å². The zero-order chi connectivity index (χ0) is 15.2. The van der Waals surface area contributed by atoms with Gasteiger partial charge in [0.15, 0.2) is 0 Å². The van der Waals surface area contributed by atoms with Crippen LogP contribution in [0.1, 0.15) is 24.2 Å². The summed E-state index contributed by atoms with van der Waals surface area (Å²) in [4.78, 5) is 16.6. The van der Waals surface area contributed by atoms with Crippen molar-refractivity contribution in [2.45, 2.75) is 20.0 Å². The fraction of sp³-hybridized carbons (Fsp3) is 0.562. The third kappa shape index (κ3) is 4.61. The van der Waals surface area contributed by atoms with Crippen molar-refractivity contribution in [2.24, 2.45) is 0 Å². The van der Waals surface area contributed by atoms with Crippen LogP contribution in [0.25, 0.3) is 0 Å². The molecule has 0 unspecified atom stereocenters. The van der Waals surface area contributed by atoms with Gasteiger partial charge in [0.25, 0.3) is 5.91 Å². The molecule has 1 amide bonds. The Morgan fingerprint density at radius 2 is 1.81 bits per heavy atom. The molecule has 0 aromatic heterocycles. The van der Waals surface area contributed by atoms with E-state index in [0.29, 0.717) is 5.88 Å². The molecule has 0 bridgehead atoms. The van der Waals surface area contributed by atoms with Gasteiger partial charge in [-0.3, -0.25) is 9.69 Å². The van der Waals surface area contributed by atoms with E-state index in [1.54, 1.807) is 0 Å². The van der Waals surface area contributed by atoms with Crippen LogP contribution in [0, 0.1) is 0 Å². The van der Waals surface area contributed by atoms with Gasteiger partial charge in [-0.2, -0.15) is 0 Å². The van der Waals surface area contributed by atoms with Crippen LogP contribution in [0.3, 0.4) is 0 Å². The summed E-state index contributed by atoms with van der Waals surface area (Å²) in [6.07, 6.45) is 0.140. The second-order valence-electron chi connectivity index (χ2n) is 5.51. The second kappa shape index (κ2) is 7.66. The molecule has 0 aliphatic carbocycles. The number of halogens is 1. The summed E-state index contributed by atoms with van der Waals surface area (Å²) in [5.74, 6) is 1.54. The molecule has 1 fully saturated rings. The van der Waals surface area contributed by atoms with Crippen LogP contribution in [0.15, 0.2) is 24.3 Å². The van der Waals surface area contributed by atoms with Gasteiger partial charge in [0, 0.05) is 44.2 Å². The average molecular weight is 311 g/mol. The van der Waals surface area contributed by atoms with Crippen molar-refractivity contribution in [3.8, 4) is 5.75 Å². The summed E-state index contributed by atoms with van der Waals surface area (Å²) in [7, 11) is 0. The van der Waals surface area contributed by atoms with Gasteiger partial charge in [0.1, 0.15) is 5.75 Å². The summed E-state index contributed by atoms with van der Waals surface area (Å²) in [5.41, 5.74) is 0.719. The maximum absolute atomic E-state index is 12.4. The van der Waals surface area contributed by atoms with Crippen LogP contribution in [-0.4, -0.2) is 60.4 Å². The van der Waals surface area contributed by atoms with Gasteiger partial charge in [-0.05, 0) is 38.1 Å². The standard InChI is InChI=1S/C16H23ClN2O2/c1-13(2)21-15-5-3-14(4-6-15)16(20)19-11-9-18(8-7-17)10-12-19/h3-6,13H,7-12H2,1-2H3. The zero-order valence-electron chi connectivity index (χ0n) is 12.7. The quantitative estimate of drug-likeness (QED) is 0.783. The van der Waals surface area contributed by atoms with Crippen LogP contribution in [0.4, 0.5) is 0 Å². The highest BCUT2D eigenvalue weighted by molar-refractivity contribution is 6.18. The van der Waals surface area contributed by atoms with E-state index in [4.69, 9.17) is 16.3 Å². The number of amides is 1. The number of hydrogen-bond acceptors (Lipinski definition) is 3. The molecule has 0 radical (unpaired) electrons. The van der Waals surface area contributed by atoms with Crippen LogP contribution >= 0.6 is 11.6 Å². The molecule has 1 saturated heterocycles. The van der Waals surface area contributed by atoms with Gasteiger partial charge in [0.05, 0.1) is 6.10 Å². The van der Waals surface area contributed by atoms with Gasteiger partial charge < -0.3 is 9.64 Å². The Bertz CT molecular complexity index is 454. The number of ether oxygens (including phenoxy) is 1.